The highest BCUT2D eigenvalue weighted by molar-refractivity contribution is 6.35. The lowest BCUT2D eigenvalue weighted by Gasteiger charge is -2.13. The molecule has 0 fully saturated rings. The molecule has 0 unspecified atom stereocenters. The molecule has 0 aliphatic heterocycles. The highest BCUT2D eigenvalue weighted by Crippen LogP contribution is 2.32. The topological polar surface area (TPSA) is 51.2 Å². The average molecular weight is 279 g/mol. The van der Waals surface area contributed by atoms with Crippen LogP contribution in [0.5, 0.6) is 0 Å². The van der Waals surface area contributed by atoms with Gasteiger partial charge in [-0.3, -0.25) is 4.98 Å². The number of hydrogen-bond acceptors (Lipinski definition) is 4. The average Bonchev–Trinajstić information content (AvgIpc) is 2.41. The van der Waals surface area contributed by atoms with E-state index in [0.717, 1.165) is 10.9 Å². The Morgan fingerprint density at radius 2 is 2.21 bits per heavy atom. The summed E-state index contributed by atoms with van der Waals surface area (Å²) in [5.74, 6) is -0.388. The van der Waals surface area contributed by atoms with Crippen LogP contribution in [0.1, 0.15) is 22.8 Å². The number of aromatic nitrogens is 1. The first-order valence-electron chi connectivity index (χ1n) is 6.02. The SMILES string of the molecule is CCOC(=O)c1cnc2c(Cl)ccc(C)c2c1NC. The first-order chi connectivity index (χ1) is 9.10. The summed E-state index contributed by atoms with van der Waals surface area (Å²) in [6.07, 6.45) is 1.50. The van der Waals surface area contributed by atoms with Crippen LogP contribution >= 0.6 is 11.6 Å². The Labute approximate surface area is 116 Å². The van der Waals surface area contributed by atoms with Gasteiger partial charge in [-0.25, -0.2) is 4.79 Å². The molecule has 0 spiro atoms. The molecule has 0 saturated carbocycles. The normalized spacial score (nSPS) is 10.5. The van der Waals surface area contributed by atoms with Crippen LogP contribution in [0.15, 0.2) is 18.3 Å². The van der Waals surface area contributed by atoms with Gasteiger partial charge < -0.3 is 10.1 Å². The van der Waals surface area contributed by atoms with E-state index in [1.165, 1.54) is 6.20 Å². The van der Waals surface area contributed by atoms with Gasteiger partial charge in [-0.2, -0.15) is 0 Å². The predicted molar refractivity (Wildman–Crippen MR) is 77.0 cm³/mol. The second-order valence-corrected chi connectivity index (χ2v) is 4.51. The van der Waals surface area contributed by atoms with Crippen LogP contribution in [0.3, 0.4) is 0 Å². The molecule has 0 bridgehead atoms. The van der Waals surface area contributed by atoms with Gasteiger partial charge in [-0.15, -0.1) is 0 Å². The Hall–Kier alpha value is -1.81. The number of carbonyl (C=O) groups is 1. The minimum absolute atomic E-state index is 0.328. The number of halogens is 1. The van der Waals surface area contributed by atoms with E-state index in [0.29, 0.717) is 28.4 Å². The molecule has 0 atom stereocenters. The quantitative estimate of drug-likeness (QED) is 0.874. The van der Waals surface area contributed by atoms with E-state index in [1.807, 2.05) is 13.0 Å². The monoisotopic (exact) mass is 278 g/mol. The van der Waals surface area contributed by atoms with Gasteiger partial charge in [0.1, 0.15) is 5.56 Å². The molecule has 5 heteroatoms. The lowest BCUT2D eigenvalue weighted by atomic mass is 10.0. The molecular weight excluding hydrogens is 264 g/mol. The van der Waals surface area contributed by atoms with E-state index < -0.39 is 0 Å². The van der Waals surface area contributed by atoms with Gasteiger partial charge in [-0.05, 0) is 25.5 Å². The second kappa shape index (κ2) is 5.45. The van der Waals surface area contributed by atoms with Crippen LogP contribution < -0.4 is 5.32 Å². The van der Waals surface area contributed by atoms with Gasteiger partial charge >= 0.3 is 5.97 Å². The molecule has 0 amide bonds. The number of nitrogens with one attached hydrogen (secondary N) is 1. The van der Waals surface area contributed by atoms with Gasteiger partial charge in [0.05, 0.1) is 22.8 Å². The van der Waals surface area contributed by atoms with Crippen molar-refractivity contribution in [2.24, 2.45) is 0 Å². The van der Waals surface area contributed by atoms with Crippen molar-refractivity contribution in [3.05, 3.63) is 34.5 Å². The molecule has 1 aromatic heterocycles. The largest absolute Gasteiger partial charge is 0.462 e. The number of carbonyl (C=O) groups excluding carboxylic acids is 1. The van der Waals surface area contributed by atoms with Crippen molar-refractivity contribution in [3.63, 3.8) is 0 Å². The first-order valence-corrected chi connectivity index (χ1v) is 6.40. The van der Waals surface area contributed by atoms with E-state index in [4.69, 9.17) is 16.3 Å². The number of hydrogen-bond donors (Lipinski definition) is 1. The summed E-state index contributed by atoms with van der Waals surface area (Å²) in [6.45, 7) is 4.05. The van der Waals surface area contributed by atoms with Crippen molar-refractivity contribution >= 4 is 34.2 Å². The van der Waals surface area contributed by atoms with Gasteiger partial charge in [-0.1, -0.05) is 17.7 Å². The molecule has 100 valence electrons. The van der Waals surface area contributed by atoms with Gasteiger partial charge in [0.15, 0.2) is 0 Å². The molecule has 0 saturated heterocycles. The molecule has 19 heavy (non-hydrogen) atoms. The zero-order chi connectivity index (χ0) is 14.0. The summed E-state index contributed by atoms with van der Waals surface area (Å²) >= 11 is 6.14. The van der Waals surface area contributed by atoms with E-state index in [1.54, 1.807) is 20.0 Å². The number of rotatable bonds is 3. The number of ether oxygens (including phenoxy) is 1. The van der Waals surface area contributed by atoms with Crippen LogP contribution in [0.25, 0.3) is 10.9 Å². The van der Waals surface area contributed by atoms with Gasteiger partial charge in [0.25, 0.3) is 0 Å². The standard InChI is InChI=1S/C14H15ClN2O2/c1-4-19-14(18)9-7-17-13-10(15)6-5-8(2)11(13)12(9)16-3/h5-7H,4H2,1-3H3,(H,16,17). The zero-order valence-electron chi connectivity index (χ0n) is 11.1. The second-order valence-electron chi connectivity index (χ2n) is 4.11. The van der Waals surface area contributed by atoms with Gasteiger partial charge in [0.2, 0.25) is 0 Å². The summed E-state index contributed by atoms with van der Waals surface area (Å²) in [4.78, 5) is 16.2. The Balaban J connectivity index is 2.76. The van der Waals surface area contributed by atoms with E-state index in [-0.39, 0.29) is 5.97 Å². The Morgan fingerprint density at radius 1 is 1.47 bits per heavy atom. The van der Waals surface area contributed by atoms with Crippen molar-refractivity contribution in [3.8, 4) is 0 Å². The fourth-order valence-electron chi connectivity index (χ4n) is 2.06. The third kappa shape index (κ3) is 2.36. The van der Waals surface area contributed by atoms with Crippen molar-refractivity contribution in [1.82, 2.24) is 4.98 Å². The van der Waals surface area contributed by atoms with Crippen LogP contribution in [-0.4, -0.2) is 24.6 Å². The van der Waals surface area contributed by atoms with Gasteiger partial charge in [0, 0.05) is 18.6 Å². The molecule has 0 aliphatic rings. The zero-order valence-corrected chi connectivity index (χ0v) is 11.8. The predicted octanol–water partition coefficient (Wildman–Crippen LogP) is 3.42. The van der Waals surface area contributed by atoms with Crippen molar-refractivity contribution in [2.75, 3.05) is 19.0 Å². The minimum atomic E-state index is -0.388. The van der Waals surface area contributed by atoms with Crippen molar-refractivity contribution in [2.45, 2.75) is 13.8 Å². The molecule has 2 aromatic rings. The molecule has 2 rings (SSSR count). The van der Waals surface area contributed by atoms with Crippen LogP contribution in [0.4, 0.5) is 5.69 Å². The Bertz CT molecular complexity index is 641. The lowest BCUT2D eigenvalue weighted by Crippen LogP contribution is -2.09. The highest BCUT2D eigenvalue weighted by Gasteiger charge is 2.17. The third-order valence-electron chi connectivity index (χ3n) is 2.92. The fraction of sp³-hybridized carbons (Fsp3) is 0.286. The number of fused-ring (bicyclic) bond motifs is 1. The smallest absolute Gasteiger partial charge is 0.341 e. The molecule has 4 nitrogen and oxygen atoms in total. The van der Waals surface area contributed by atoms with E-state index in [2.05, 4.69) is 10.3 Å². The van der Waals surface area contributed by atoms with E-state index in [9.17, 15) is 4.79 Å². The summed E-state index contributed by atoms with van der Waals surface area (Å²) in [5.41, 5.74) is 2.80. The van der Waals surface area contributed by atoms with Crippen molar-refractivity contribution in [1.29, 1.82) is 0 Å². The molecule has 0 radical (unpaired) electrons. The number of benzene rings is 1. The lowest BCUT2D eigenvalue weighted by molar-refractivity contribution is 0.0527. The van der Waals surface area contributed by atoms with Crippen LogP contribution in [-0.2, 0) is 4.74 Å². The number of anilines is 1. The van der Waals surface area contributed by atoms with Crippen LogP contribution in [0.2, 0.25) is 5.02 Å². The maximum absolute atomic E-state index is 11.9. The highest BCUT2D eigenvalue weighted by atomic mass is 35.5. The first kappa shape index (κ1) is 13.6. The maximum atomic E-state index is 11.9. The number of pyridine rings is 1. The number of nitrogens with zero attached hydrogens (tertiary/aromatic N) is 1. The minimum Gasteiger partial charge on any atom is -0.462 e. The molecular formula is C14H15ClN2O2. The maximum Gasteiger partial charge on any atom is 0.341 e. The van der Waals surface area contributed by atoms with Crippen LogP contribution in [0, 0.1) is 6.92 Å². The van der Waals surface area contributed by atoms with E-state index >= 15 is 0 Å². The summed E-state index contributed by atoms with van der Waals surface area (Å²) in [7, 11) is 1.76. The third-order valence-corrected chi connectivity index (χ3v) is 3.23. The number of aryl methyl sites for hydroxylation is 1. The fourth-order valence-corrected chi connectivity index (χ4v) is 2.27. The molecule has 1 heterocycles. The van der Waals surface area contributed by atoms with Crippen molar-refractivity contribution < 1.29 is 9.53 Å². The summed E-state index contributed by atoms with van der Waals surface area (Å²) in [6, 6.07) is 3.71. The summed E-state index contributed by atoms with van der Waals surface area (Å²) in [5, 5.41) is 4.46. The molecule has 0 aliphatic carbocycles. The Morgan fingerprint density at radius 3 is 2.84 bits per heavy atom. The number of esters is 1. The molecule has 1 N–H and O–H groups in total. The molecule has 1 aromatic carbocycles. The summed E-state index contributed by atoms with van der Waals surface area (Å²) < 4.78 is 5.04. The Kier molecular flexibility index (Phi) is 3.90.